The zero-order chi connectivity index (χ0) is 13.4. The first-order valence-electron chi connectivity index (χ1n) is 6.93. The Bertz CT molecular complexity index is 289. The number of hydrogen-bond acceptors (Lipinski definition) is 3. The van der Waals surface area contributed by atoms with Gasteiger partial charge in [-0.05, 0) is 24.8 Å². The third-order valence-electron chi connectivity index (χ3n) is 3.86. The van der Waals surface area contributed by atoms with Crippen molar-refractivity contribution in [1.29, 1.82) is 0 Å². The van der Waals surface area contributed by atoms with Gasteiger partial charge in [0, 0.05) is 35.3 Å². The second-order valence-electron chi connectivity index (χ2n) is 5.22. The highest BCUT2D eigenvalue weighted by molar-refractivity contribution is 7.84. The van der Waals surface area contributed by atoms with E-state index in [1.54, 1.807) is 0 Å². The van der Waals surface area contributed by atoms with Crippen molar-refractivity contribution in [2.24, 2.45) is 11.1 Å². The highest BCUT2D eigenvalue weighted by Gasteiger charge is 2.32. The van der Waals surface area contributed by atoms with Crippen molar-refractivity contribution < 1.29 is 9.00 Å². The molecule has 18 heavy (non-hydrogen) atoms. The summed E-state index contributed by atoms with van der Waals surface area (Å²) >= 11 is 0. The Hall–Kier alpha value is -0.420. The van der Waals surface area contributed by atoms with Crippen molar-refractivity contribution in [3.05, 3.63) is 0 Å². The number of carbonyl (C=O) groups is 1. The van der Waals surface area contributed by atoms with Crippen LogP contribution in [0.4, 0.5) is 0 Å². The van der Waals surface area contributed by atoms with Gasteiger partial charge < -0.3 is 11.1 Å². The first-order chi connectivity index (χ1) is 8.62. The minimum absolute atomic E-state index is 0.0201. The number of amides is 1. The number of rotatable bonds is 7. The van der Waals surface area contributed by atoms with Crippen molar-refractivity contribution in [2.75, 3.05) is 24.6 Å². The summed E-state index contributed by atoms with van der Waals surface area (Å²) in [7, 11) is -0.802. The summed E-state index contributed by atoms with van der Waals surface area (Å²) in [6, 6.07) is 0. The van der Waals surface area contributed by atoms with Crippen LogP contribution in [-0.4, -0.2) is 34.7 Å². The Morgan fingerprint density at radius 2 is 2.00 bits per heavy atom. The lowest BCUT2D eigenvalue weighted by Gasteiger charge is -2.35. The molecule has 0 bridgehead atoms. The molecule has 106 valence electrons. The van der Waals surface area contributed by atoms with Gasteiger partial charge in [0.2, 0.25) is 5.91 Å². The molecule has 1 unspecified atom stereocenters. The lowest BCUT2D eigenvalue weighted by Crippen LogP contribution is -2.39. The highest BCUT2D eigenvalue weighted by Crippen LogP contribution is 2.38. The monoisotopic (exact) mass is 274 g/mol. The number of carbonyl (C=O) groups excluding carboxylic acids is 1. The molecule has 1 saturated carbocycles. The molecule has 0 heterocycles. The van der Waals surface area contributed by atoms with Crippen molar-refractivity contribution in [2.45, 2.75) is 45.4 Å². The Labute approximate surface area is 113 Å². The number of nitrogens with two attached hydrogens (primary N) is 1. The molecular formula is C13H26N2O2S. The third kappa shape index (κ3) is 5.06. The number of hydrogen-bond donors (Lipinski definition) is 2. The molecule has 1 amide bonds. The molecule has 1 rings (SSSR count). The maximum absolute atomic E-state index is 11.9. The first-order valence-corrected chi connectivity index (χ1v) is 8.42. The fourth-order valence-corrected chi connectivity index (χ4v) is 3.22. The summed E-state index contributed by atoms with van der Waals surface area (Å²) in [4.78, 5) is 11.9. The maximum atomic E-state index is 11.9. The molecule has 0 aromatic heterocycles. The third-order valence-corrected chi connectivity index (χ3v) is 5.16. The quantitative estimate of drug-likeness (QED) is 0.732. The van der Waals surface area contributed by atoms with Gasteiger partial charge in [0.15, 0.2) is 0 Å². The summed E-state index contributed by atoms with van der Waals surface area (Å²) in [5.41, 5.74) is 5.88. The molecule has 0 aromatic carbocycles. The SMILES string of the molecule is CCS(=O)CCNC(=O)CC1(CN)CCCCC1. The van der Waals surface area contributed by atoms with Gasteiger partial charge in [0.25, 0.3) is 0 Å². The van der Waals surface area contributed by atoms with Crippen LogP contribution in [0.25, 0.3) is 0 Å². The van der Waals surface area contributed by atoms with E-state index in [0.717, 1.165) is 12.8 Å². The predicted octanol–water partition coefficient (Wildman–Crippen LogP) is 1.17. The van der Waals surface area contributed by atoms with E-state index in [0.29, 0.717) is 31.0 Å². The van der Waals surface area contributed by atoms with Gasteiger partial charge in [-0.1, -0.05) is 26.2 Å². The van der Waals surface area contributed by atoms with Crippen molar-refractivity contribution in [3.8, 4) is 0 Å². The first kappa shape index (κ1) is 15.6. The van der Waals surface area contributed by atoms with E-state index in [1.807, 2.05) is 6.92 Å². The Morgan fingerprint density at radius 3 is 2.56 bits per heavy atom. The van der Waals surface area contributed by atoms with Gasteiger partial charge in [0.05, 0.1) is 0 Å². The average Bonchev–Trinajstić information content (AvgIpc) is 2.39. The zero-order valence-electron chi connectivity index (χ0n) is 11.4. The largest absolute Gasteiger partial charge is 0.355 e. The van der Waals surface area contributed by atoms with E-state index in [1.165, 1.54) is 19.3 Å². The summed E-state index contributed by atoms with van der Waals surface area (Å²) in [5, 5.41) is 2.87. The Kier molecular flexibility index (Phi) is 6.86. The summed E-state index contributed by atoms with van der Waals surface area (Å²) in [6.07, 6.45) is 6.30. The molecule has 0 spiro atoms. The summed E-state index contributed by atoms with van der Waals surface area (Å²) in [5.74, 6) is 1.27. The van der Waals surface area contributed by atoms with Crippen LogP contribution < -0.4 is 11.1 Å². The fraction of sp³-hybridized carbons (Fsp3) is 0.923. The second-order valence-corrected chi connectivity index (χ2v) is 7.09. The number of nitrogens with one attached hydrogen (secondary N) is 1. The molecule has 1 fully saturated rings. The van der Waals surface area contributed by atoms with Crippen LogP contribution >= 0.6 is 0 Å². The van der Waals surface area contributed by atoms with E-state index in [-0.39, 0.29) is 11.3 Å². The Morgan fingerprint density at radius 1 is 1.33 bits per heavy atom. The zero-order valence-corrected chi connectivity index (χ0v) is 12.2. The molecule has 0 aliphatic heterocycles. The van der Waals surface area contributed by atoms with Crippen LogP contribution in [0.1, 0.15) is 45.4 Å². The van der Waals surface area contributed by atoms with Crippen LogP contribution in [0.2, 0.25) is 0 Å². The molecule has 4 nitrogen and oxygen atoms in total. The second kappa shape index (κ2) is 7.89. The topological polar surface area (TPSA) is 72.2 Å². The summed E-state index contributed by atoms with van der Waals surface area (Å²) < 4.78 is 11.2. The van der Waals surface area contributed by atoms with Crippen molar-refractivity contribution in [1.82, 2.24) is 5.32 Å². The van der Waals surface area contributed by atoms with E-state index < -0.39 is 10.8 Å². The molecule has 1 aliphatic rings. The van der Waals surface area contributed by atoms with E-state index in [4.69, 9.17) is 5.73 Å². The minimum atomic E-state index is -0.802. The van der Waals surface area contributed by atoms with Gasteiger partial charge in [0.1, 0.15) is 0 Å². The molecule has 3 N–H and O–H groups in total. The standard InChI is InChI=1S/C13H26N2O2S/c1-2-18(17)9-8-15-12(16)10-13(11-14)6-4-3-5-7-13/h2-11,14H2,1H3,(H,15,16). The normalized spacial score (nSPS) is 20.3. The Balaban J connectivity index is 2.31. The molecule has 1 aliphatic carbocycles. The molecular weight excluding hydrogens is 248 g/mol. The van der Waals surface area contributed by atoms with Crippen LogP contribution in [-0.2, 0) is 15.6 Å². The minimum Gasteiger partial charge on any atom is -0.355 e. The van der Waals surface area contributed by atoms with Gasteiger partial charge in [-0.2, -0.15) is 0 Å². The molecule has 0 saturated heterocycles. The molecule has 1 atom stereocenters. The van der Waals surface area contributed by atoms with Crippen LogP contribution in [0, 0.1) is 5.41 Å². The van der Waals surface area contributed by atoms with Gasteiger partial charge in [-0.15, -0.1) is 0 Å². The van der Waals surface area contributed by atoms with E-state index in [9.17, 15) is 9.00 Å². The van der Waals surface area contributed by atoms with Gasteiger partial charge in [-0.25, -0.2) is 0 Å². The maximum Gasteiger partial charge on any atom is 0.220 e. The van der Waals surface area contributed by atoms with Crippen molar-refractivity contribution >= 4 is 16.7 Å². The smallest absolute Gasteiger partial charge is 0.220 e. The lowest BCUT2D eigenvalue weighted by atomic mass is 9.72. The predicted molar refractivity (Wildman–Crippen MR) is 75.7 cm³/mol. The molecule has 0 radical (unpaired) electrons. The lowest BCUT2D eigenvalue weighted by molar-refractivity contribution is -0.123. The van der Waals surface area contributed by atoms with Crippen LogP contribution in [0.5, 0.6) is 0 Å². The fourth-order valence-electron chi connectivity index (χ4n) is 2.61. The molecule has 5 heteroatoms. The average molecular weight is 274 g/mol. The highest BCUT2D eigenvalue weighted by atomic mass is 32.2. The molecule has 0 aromatic rings. The van der Waals surface area contributed by atoms with Crippen molar-refractivity contribution in [3.63, 3.8) is 0 Å². The van der Waals surface area contributed by atoms with Gasteiger partial charge >= 0.3 is 0 Å². The summed E-state index contributed by atoms with van der Waals surface area (Å²) in [6.45, 7) is 3.00. The van der Waals surface area contributed by atoms with Crippen LogP contribution in [0.3, 0.4) is 0 Å². The van der Waals surface area contributed by atoms with E-state index in [2.05, 4.69) is 5.32 Å². The van der Waals surface area contributed by atoms with E-state index >= 15 is 0 Å². The van der Waals surface area contributed by atoms with Crippen LogP contribution in [0.15, 0.2) is 0 Å². The van der Waals surface area contributed by atoms with Gasteiger partial charge in [-0.3, -0.25) is 9.00 Å².